The third kappa shape index (κ3) is 6.65. The lowest BCUT2D eigenvalue weighted by atomic mass is 10.1. The SMILES string of the molecule is O=C(C=Cc1ccc(CN(Cc2ccccc2)C(=O)NC(=O)c2ccccc2)cc1)NO. The first-order chi connectivity index (χ1) is 15.5. The Kier molecular flexibility index (Phi) is 7.89. The van der Waals surface area contributed by atoms with E-state index in [4.69, 9.17) is 5.21 Å². The number of hydrogen-bond acceptors (Lipinski definition) is 4. The van der Waals surface area contributed by atoms with Crippen LogP contribution in [0.25, 0.3) is 6.08 Å². The fourth-order valence-corrected chi connectivity index (χ4v) is 3.00. The van der Waals surface area contributed by atoms with Crippen LogP contribution in [0.3, 0.4) is 0 Å². The molecule has 3 N–H and O–H groups in total. The Hall–Kier alpha value is -4.23. The smallest absolute Gasteiger partial charge is 0.316 e. The van der Waals surface area contributed by atoms with E-state index in [0.29, 0.717) is 12.1 Å². The molecule has 0 unspecified atom stereocenters. The Morgan fingerprint density at radius 1 is 0.781 bits per heavy atom. The van der Waals surface area contributed by atoms with Crippen molar-refractivity contribution >= 4 is 23.9 Å². The van der Waals surface area contributed by atoms with Crippen LogP contribution in [0.1, 0.15) is 27.0 Å². The van der Waals surface area contributed by atoms with Gasteiger partial charge in [0.15, 0.2) is 0 Å². The van der Waals surface area contributed by atoms with Crippen LogP contribution in [0.2, 0.25) is 0 Å². The predicted octanol–water partition coefficient (Wildman–Crippen LogP) is 3.76. The molecule has 3 rings (SSSR count). The zero-order valence-electron chi connectivity index (χ0n) is 17.3. The molecule has 0 radical (unpaired) electrons. The van der Waals surface area contributed by atoms with E-state index < -0.39 is 17.8 Å². The summed E-state index contributed by atoms with van der Waals surface area (Å²) in [5, 5.41) is 11.0. The van der Waals surface area contributed by atoms with Crippen molar-refractivity contribution in [2.75, 3.05) is 0 Å². The summed E-state index contributed by atoms with van der Waals surface area (Å²) < 4.78 is 0. The fourth-order valence-electron chi connectivity index (χ4n) is 3.00. The molecule has 3 aromatic rings. The van der Waals surface area contributed by atoms with Crippen LogP contribution in [0.15, 0.2) is 91.0 Å². The summed E-state index contributed by atoms with van der Waals surface area (Å²) in [5.41, 5.74) is 4.49. The topological polar surface area (TPSA) is 98.7 Å². The van der Waals surface area contributed by atoms with Crippen molar-refractivity contribution in [1.82, 2.24) is 15.7 Å². The molecule has 0 bridgehead atoms. The van der Waals surface area contributed by atoms with Gasteiger partial charge in [-0.05, 0) is 34.9 Å². The van der Waals surface area contributed by atoms with Gasteiger partial charge in [-0.3, -0.25) is 20.1 Å². The molecular weight excluding hydrogens is 406 g/mol. The average molecular weight is 429 g/mol. The third-order valence-electron chi connectivity index (χ3n) is 4.65. The van der Waals surface area contributed by atoms with Crippen molar-refractivity contribution in [2.45, 2.75) is 13.1 Å². The standard InChI is InChI=1S/C25H23N3O4/c29-23(27-32)16-15-19-11-13-21(14-12-19)18-28(17-20-7-3-1-4-8-20)25(31)26-24(30)22-9-5-2-6-10-22/h1-16,32H,17-18H2,(H,27,29)(H,26,30,31). The van der Waals surface area contributed by atoms with Crippen LogP contribution in [-0.4, -0.2) is 28.0 Å². The van der Waals surface area contributed by atoms with Gasteiger partial charge in [0.05, 0.1) is 0 Å². The van der Waals surface area contributed by atoms with E-state index in [1.165, 1.54) is 11.6 Å². The van der Waals surface area contributed by atoms with Crippen LogP contribution < -0.4 is 10.8 Å². The Morgan fingerprint density at radius 3 is 1.94 bits per heavy atom. The molecule has 0 atom stereocenters. The lowest BCUT2D eigenvalue weighted by Crippen LogP contribution is -2.42. The number of carbonyl (C=O) groups is 3. The number of hydroxylamine groups is 1. The highest BCUT2D eigenvalue weighted by Gasteiger charge is 2.18. The second-order valence-corrected chi connectivity index (χ2v) is 7.02. The highest BCUT2D eigenvalue weighted by atomic mass is 16.5. The molecule has 0 saturated heterocycles. The van der Waals surface area contributed by atoms with E-state index in [-0.39, 0.29) is 6.54 Å². The molecule has 0 spiro atoms. The van der Waals surface area contributed by atoms with Gasteiger partial charge in [-0.15, -0.1) is 0 Å². The number of nitrogens with zero attached hydrogens (tertiary/aromatic N) is 1. The average Bonchev–Trinajstić information content (AvgIpc) is 2.84. The van der Waals surface area contributed by atoms with Gasteiger partial charge in [0.25, 0.3) is 11.8 Å². The second kappa shape index (κ2) is 11.2. The minimum Gasteiger partial charge on any atom is -0.316 e. The zero-order valence-corrected chi connectivity index (χ0v) is 17.3. The molecule has 162 valence electrons. The molecule has 0 aromatic heterocycles. The zero-order chi connectivity index (χ0) is 22.8. The number of urea groups is 1. The van der Waals surface area contributed by atoms with Crippen molar-refractivity contribution in [3.63, 3.8) is 0 Å². The Labute approximate surface area is 186 Å². The van der Waals surface area contributed by atoms with Gasteiger partial charge >= 0.3 is 6.03 Å². The summed E-state index contributed by atoms with van der Waals surface area (Å²) in [7, 11) is 0. The van der Waals surface area contributed by atoms with E-state index in [1.54, 1.807) is 53.4 Å². The van der Waals surface area contributed by atoms with Gasteiger partial charge in [-0.25, -0.2) is 10.3 Å². The van der Waals surface area contributed by atoms with Crippen molar-refractivity contribution in [1.29, 1.82) is 0 Å². The molecule has 0 heterocycles. The minimum absolute atomic E-state index is 0.282. The van der Waals surface area contributed by atoms with Crippen LogP contribution in [-0.2, 0) is 17.9 Å². The first kappa shape index (κ1) is 22.5. The number of amides is 4. The molecular formula is C25H23N3O4. The minimum atomic E-state index is -0.622. The van der Waals surface area contributed by atoms with E-state index in [9.17, 15) is 14.4 Å². The molecule has 7 heteroatoms. The van der Waals surface area contributed by atoms with Crippen molar-refractivity contribution < 1.29 is 19.6 Å². The number of benzene rings is 3. The second-order valence-electron chi connectivity index (χ2n) is 7.02. The number of nitrogens with one attached hydrogen (secondary N) is 2. The quantitative estimate of drug-likeness (QED) is 0.303. The third-order valence-corrected chi connectivity index (χ3v) is 4.65. The van der Waals surface area contributed by atoms with Crippen LogP contribution in [0.4, 0.5) is 4.79 Å². The lowest BCUT2D eigenvalue weighted by molar-refractivity contribution is -0.124. The van der Waals surface area contributed by atoms with Gasteiger partial charge in [-0.1, -0.05) is 72.8 Å². The molecule has 0 aliphatic heterocycles. The molecule has 0 fully saturated rings. The maximum Gasteiger partial charge on any atom is 0.324 e. The molecule has 4 amide bonds. The monoisotopic (exact) mass is 429 g/mol. The molecule has 32 heavy (non-hydrogen) atoms. The van der Waals surface area contributed by atoms with Gasteiger partial charge in [0.1, 0.15) is 0 Å². The summed E-state index contributed by atoms with van der Waals surface area (Å²) in [4.78, 5) is 38.0. The number of imide groups is 1. The van der Waals surface area contributed by atoms with Gasteiger partial charge < -0.3 is 4.90 Å². The maximum atomic E-state index is 12.9. The van der Waals surface area contributed by atoms with Gasteiger partial charge in [-0.2, -0.15) is 0 Å². The highest BCUT2D eigenvalue weighted by Crippen LogP contribution is 2.13. The number of hydrogen-bond donors (Lipinski definition) is 3. The lowest BCUT2D eigenvalue weighted by Gasteiger charge is -2.23. The van der Waals surface area contributed by atoms with E-state index in [0.717, 1.165) is 16.7 Å². The van der Waals surface area contributed by atoms with Crippen molar-refractivity contribution in [3.05, 3.63) is 113 Å². The van der Waals surface area contributed by atoms with Crippen molar-refractivity contribution in [3.8, 4) is 0 Å². The molecule has 0 aliphatic rings. The first-order valence-corrected chi connectivity index (χ1v) is 9.95. The van der Waals surface area contributed by atoms with E-state index in [2.05, 4.69) is 5.32 Å². The summed E-state index contributed by atoms with van der Waals surface area (Å²) >= 11 is 0. The number of rotatable bonds is 7. The summed E-state index contributed by atoms with van der Waals surface area (Å²) in [6.07, 6.45) is 2.77. The summed E-state index contributed by atoms with van der Waals surface area (Å²) in [6.45, 7) is 0.608. The van der Waals surface area contributed by atoms with Crippen LogP contribution >= 0.6 is 0 Å². The largest absolute Gasteiger partial charge is 0.324 e. The highest BCUT2D eigenvalue weighted by molar-refractivity contribution is 6.04. The van der Waals surface area contributed by atoms with E-state index in [1.807, 2.05) is 42.5 Å². The Balaban J connectivity index is 1.74. The molecule has 7 nitrogen and oxygen atoms in total. The van der Waals surface area contributed by atoms with Crippen molar-refractivity contribution in [2.24, 2.45) is 0 Å². The van der Waals surface area contributed by atoms with E-state index >= 15 is 0 Å². The Bertz CT molecular complexity index is 1080. The Morgan fingerprint density at radius 2 is 1.34 bits per heavy atom. The summed E-state index contributed by atoms with van der Waals surface area (Å²) in [5.74, 6) is -1.08. The predicted molar refractivity (Wildman–Crippen MR) is 120 cm³/mol. The summed E-state index contributed by atoms with van der Waals surface area (Å²) in [6, 6.07) is 24.9. The first-order valence-electron chi connectivity index (χ1n) is 9.95. The van der Waals surface area contributed by atoms with Gasteiger partial charge in [0, 0.05) is 24.7 Å². The van der Waals surface area contributed by atoms with Gasteiger partial charge in [0.2, 0.25) is 0 Å². The van der Waals surface area contributed by atoms with Crippen LogP contribution in [0, 0.1) is 0 Å². The number of carbonyl (C=O) groups excluding carboxylic acids is 3. The molecule has 3 aromatic carbocycles. The molecule has 0 aliphatic carbocycles. The van der Waals surface area contributed by atoms with Crippen LogP contribution in [0.5, 0.6) is 0 Å². The molecule has 0 saturated carbocycles. The fraction of sp³-hybridized carbons (Fsp3) is 0.0800. The normalized spacial score (nSPS) is 10.5. The maximum absolute atomic E-state index is 12.9.